The predicted octanol–water partition coefficient (Wildman–Crippen LogP) is 34.8. The van der Waals surface area contributed by atoms with Crippen molar-refractivity contribution in [1.29, 1.82) is 10.5 Å². The molecule has 0 radical (unpaired) electrons. The van der Waals surface area contributed by atoms with Crippen molar-refractivity contribution in [2.24, 2.45) is 11.8 Å². The summed E-state index contributed by atoms with van der Waals surface area (Å²) in [7, 11) is 0. The van der Waals surface area contributed by atoms with Crippen LogP contribution in [0.15, 0.2) is 46.8 Å². The molecule has 0 amide bonds. The molecule has 2 aliphatic carbocycles. The maximum atomic E-state index is 15.2. The van der Waals surface area contributed by atoms with Gasteiger partial charge in [-0.15, -0.1) is 45.3 Å². The van der Waals surface area contributed by atoms with E-state index in [1.807, 2.05) is 34.8 Å². The largest absolute Gasteiger partial charge is 0.337 e. The molecule has 12 rings (SSSR count). The van der Waals surface area contributed by atoms with Gasteiger partial charge in [0.2, 0.25) is 0 Å². The van der Waals surface area contributed by atoms with E-state index in [0.717, 1.165) is 135 Å². The first-order valence-corrected chi connectivity index (χ1v) is 50.3. The summed E-state index contributed by atoms with van der Waals surface area (Å²) in [6.07, 6.45) is 55.7. The molecular formula is C98H118Cl4N8O2S5. The smallest absolute Gasteiger partial charge is 0.270 e. The van der Waals surface area contributed by atoms with E-state index >= 15 is 9.59 Å². The Bertz CT molecular complexity index is 5130. The first-order chi connectivity index (χ1) is 57.2. The van der Waals surface area contributed by atoms with Crippen molar-refractivity contribution >= 4 is 210 Å². The number of benzene rings is 3. The summed E-state index contributed by atoms with van der Waals surface area (Å²) in [5.74, 6) is 0.193. The summed E-state index contributed by atoms with van der Waals surface area (Å²) in [6.45, 7) is 32.1. The molecule has 117 heavy (non-hydrogen) atoms. The van der Waals surface area contributed by atoms with Gasteiger partial charge in [-0.25, -0.2) is 20.2 Å². The highest BCUT2D eigenvalue weighted by atomic mass is 35.5. The van der Waals surface area contributed by atoms with E-state index < -0.39 is 0 Å². The first-order valence-electron chi connectivity index (χ1n) is 44.8. The second-order valence-electron chi connectivity index (χ2n) is 33.4. The van der Waals surface area contributed by atoms with Gasteiger partial charge in [0.25, 0.3) is 11.4 Å². The molecule has 19 heteroatoms. The molecular weight excluding hydrogens is 1620 g/mol. The van der Waals surface area contributed by atoms with Crippen LogP contribution in [-0.4, -0.2) is 29.4 Å². The third kappa shape index (κ3) is 20.5. The van der Waals surface area contributed by atoms with Crippen LogP contribution in [0.4, 0.5) is 0 Å². The number of carbonyl (C=O) groups is 2. The number of hydrogen-bond acceptors (Lipinski definition) is 11. The van der Waals surface area contributed by atoms with Gasteiger partial charge >= 0.3 is 0 Å². The van der Waals surface area contributed by atoms with Gasteiger partial charge in [0, 0.05) is 67.0 Å². The van der Waals surface area contributed by atoms with Crippen LogP contribution in [-0.2, 0) is 25.9 Å². The van der Waals surface area contributed by atoms with Crippen LogP contribution < -0.4 is 0 Å². The van der Waals surface area contributed by atoms with E-state index in [1.54, 1.807) is 46.9 Å². The van der Waals surface area contributed by atoms with Crippen LogP contribution in [0.25, 0.3) is 105 Å². The molecule has 620 valence electrons. The second-order valence-corrected chi connectivity index (χ2v) is 39.7. The van der Waals surface area contributed by atoms with Crippen LogP contribution in [0, 0.1) is 47.6 Å². The van der Waals surface area contributed by atoms with Gasteiger partial charge in [0.05, 0.1) is 107 Å². The highest BCUT2D eigenvalue weighted by Gasteiger charge is 2.38. The number of halogens is 4. The number of aryl methyl sites for hydroxylation is 2. The Kier molecular flexibility index (Phi) is 34.3. The monoisotopic (exact) mass is 1740 g/mol. The Labute approximate surface area is 736 Å². The first kappa shape index (κ1) is 90.1. The number of unbranched alkanes of at least 4 members (excludes halogenated alkanes) is 32. The second kappa shape index (κ2) is 44.6. The zero-order valence-electron chi connectivity index (χ0n) is 70.1. The Balaban J connectivity index is 1.17. The summed E-state index contributed by atoms with van der Waals surface area (Å²) >= 11 is 35.6. The number of carbonyl (C=O) groups excluding carboxylic acids is 2. The molecule has 7 aromatic heterocycles. The van der Waals surface area contributed by atoms with Gasteiger partial charge in [-0.1, -0.05) is 319 Å². The number of thiophene rings is 4. The average Bonchev–Trinajstić information content (AvgIpc) is 1.50. The minimum absolute atomic E-state index is 0.155. The molecule has 7 heterocycles. The summed E-state index contributed by atoms with van der Waals surface area (Å²) in [5.41, 5.74) is 11.7. The summed E-state index contributed by atoms with van der Waals surface area (Å²) in [4.78, 5) is 40.0. The van der Waals surface area contributed by atoms with E-state index in [4.69, 9.17) is 68.3 Å². The molecule has 0 aliphatic heterocycles. The molecule has 0 fully saturated rings. The van der Waals surface area contributed by atoms with Crippen molar-refractivity contribution in [3.05, 3.63) is 133 Å². The normalized spacial score (nSPS) is 15.1. The number of nitriles is 2. The third-order valence-corrected chi connectivity index (χ3v) is 32.0. The van der Waals surface area contributed by atoms with Gasteiger partial charge < -0.3 is 9.13 Å². The molecule has 10 nitrogen and oxygen atoms in total. The lowest BCUT2D eigenvalue weighted by Gasteiger charge is -2.22. The van der Waals surface area contributed by atoms with Crippen LogP contribution in [0.2, 0.25) is 20.1 Å². The highest BCUT2D eigenvalue weighted by Crippen LogP contribution is 2.57. The van der Waals surface area contributed by atoms with Crippen molar-refractivity contribution in [3.63, 3.8) is 0 Å². The van der Waals surface area contributed by atoms with Crippen LogP contribution >= 0.6 is 103 Å². The van der Waals surface area contributed by atoms with E-state index in [1.165, 1.54) is 266 Å². The predicted molar refractivity (Wildman–Crippen MR) is 508 cm³/mol. The molecule has 0 saturated carbocycles. The topological polar surface area (TPSA) is 126 Å². The SMILES string of the molecule is [C-]#[N+]/C(C#N)=C1\C(=C\c2sc3c(sc4c5c6nsnc6c6c7sc8c(CCCCCCCCCCC)c(/C=C9\C(=O)c%10cc(Cl)c(Cl)cc%10\C9=C(\C#N)[N+]#[C-])sc8c7n(CC(CCCCCC)CCCCCCCC)c6c5n(CC(CCCCCC)CCCCCCCC)c34)c2CCCCCCCCCCC)C(=O)c2cc(Cl)c(Cl)cc21. The van der Waals surface area contributed by atoms with Gasteiger partial charge in [-0.3, -0.25) is 9.59 Å². The lowest BCUT2D eigenvalue weighted by atomic mass is 9.93. The Morgan fingerprint density at radius 2 is 0.692 bits per heavy atom. The zero-order valence-corrected chi connectivity index (χ0v) is 77.2. The molecule has 0 spiro atoms. The van der Waals surface area contributed by atoms with Gasteiger partial charge in [0.15, 0.2) is 11.6 Å². The number of fused-ring (bicyclic) bond motifs is 16. The maximum Gasteiger partial charge on any atom is 0.270 e. The lowest BCUT2D eigenvalue weighted by Crippen LogP contribution is -2.14. The Morgan fingerprint density at radius 1 is 0.402 bits per heavy atom. The summed E-state index contributed by atoms with van der Waals surface area (Å²) in [6, 6.07) is 10.9. The molecule has 2 atom stereocenters. The molecule has 2 aliphatic rings. The maximum absolute atomic E-state index is 15.2. The molecule has 0 bridgehead atoms. The number of rotatable bonds is 50. The van der Waals surface area contributed by atoms with E-state index in [2.05, 4.69) is 72.5 Å². The van der Waals surface area contributed by atoms with Crippen LogP contribution in [0.3, 0.4) is 0 Å². The van der Waals surface area contributed by atoms with Crippen molar-refractivity contribution < 1.29 is 9.59 Å². The average molecular weight is 1740 g/mol. The lowest BCUT2D eigenvalue weighted by molar-refractivity contribution is 0.103. The fraction of sp³-hybridized carbons (Fsp3) is 0.551. The Hall–Kier alpha value is -6.18. The zero-order chi connectivity index (χ0) is 82.5. The van der Waals surface area contributed by atoms with Crippen molar-refractivity contribution in [2.75, 3.05) is 0 Å². The van der Waals surface area contributed by atoms with E-state index in [-0.39, 0.29) is 43.1 Å². The van der Waals surface area contributed by atoms with Crippen LogP contribution in [0.5, 0.6) is 0 Å². The number of allylic oxidation sites excluding steroid dienone is 6. The minimum Gasteiger partial charge on any atom is -0.337 e. The number of ketones is 2. The fourth-order valence-corrected chi connectivity index (χ4v) is 25.7. The number of nitrogens with zero attached hydrogens (tertiary/aromatic N) is 8. The third-order valence-electron chi connectivity index (χ3n) is 24.9. The molecule has 10 aromatic rings. The van der Waals surface area contributed by atoms with Crippen molar-refractivity contribution in [3.8, 4) is 12.1 Å². The van der Waals surface area contributed by atoms with Crippen LogP contribution in [0.1, 0.15) is 364 Å². The van der Waals surface area contributed by atoms with Gasteiger partial charge in [-0.2, -0.15) is 8.75 Å². The van der Waals surface area contributed by atoms with E-state index in [0.29, 0.717) is 56.4 Å². The number of Topliss-reactive ketones (excluding diaryl/α,β-unsaturated/α-hetero) is 2. The number of aromatic nitrogens is 4. The fourth-order valence-electron chi connectivity index (χ4n) is 18.6. The molecule has 3 aromatic carbocycles. The van der Waals surface area contributed by atoms with Gasteiger partial charge in [-0.05, 0) is 122 Å². The molecule has 0 N–H and O–H groups in total. The van der Waals surface area contributed by atoms with E-state index in [9.17, 15) is 10.5 Å². The molecule has 0 saturated heterocycles. The highest BCUT2D eigenvalue weighted by molar-refractivity contribution is 7.35. The van der Waals surface area contributed by atoms with Gasteiger partial charge in [0.1, 0.15) is 11.0 Å². The summed E-state index contributed by atoms with van der Waals surface area (Å²) in [5, 5.41) is 24.8. The summed E-state index contributed by atoms with van der Waals surface area (Å²) < 4.78 is 24.0. The molecule has 2 unspecified atom stereocenters. The Morgan fingerprint density at radius 3 is 1.00 bits per heavy atom. The van der Waals surface area contributed by atoms with Crippen molar-refractivity contribution in [1.82, 2.24) is 17.9 Å². The standard InChI is InChI=1S/C98H118Cl4N8O2S5/c1-9-15-21-27-31-33-35-39-45-51-65-79(57-71-81(77(59-103)105-7)67-53-73(99)75(101)55-69(67)91(71)111)113-97-89-95(115-93(65)97)83-85-86(108-117-107-85)84-88(87(83)109(89)61-63(47-41-25-19-13-5)49-43-37-29-23-17-11-3)110(62-64(48-42-26-20-14-6)50-44-38-30-24-18-12-4)90-96(84)116-94-66(52-46-40-36-34-32-28-22-16-10-2)80(114-98(90)94)58-72-82(78(60-104)106-8)68-54-74(100)76(102)56-70(68)92(72)112/h53-58,63-64H,9-52,61-62H2,1-6H3/b71-57-,72-58-,81-77-,82-78+. The number of hydrogen-bond donors (Lipinski definition) is 0. The quantitative estimate of drug-likeness (QED) is 0.0162. The minimum atomic E-state index is -0.273. The van der Waals surface area contributed by atoms with Crippen molar-refractivity contribution in [2.45, 2.75) is 337 Å².